The van der Waals surface area contributed by atoms with E-state index in [1.165, 1.54) is 0 Å². The molecule has 0 amide bonds. The Morgan fingerprint density at radius 3 is 2.50 bits per heavy atom. The maximum atomic E-state index is 5.73. The third-order valence-corrected chi connectivity index (χ3v) is 3.29. The van der Waals surface area contributed by atoms with E-state index >= 15 is 0 Å². The van der Waals surface area contributed by atoms with Crippen LogP contribution >= 0.6 is 0 Å². The fraction of sp³-hybridized carbons (Fsp3) is 0.846. The first-order chi connectivity index (χ1) is 7.29. The first kappa shape index (κ1) is 13.8. The summed E-state index contributed by atoms with van der Waals surface area (Å²) in [5.74, 6) is 2.91. The van der Waals surface area contributed by atoms with E-state index in [2.05, 4.69) is 31.1 Å². The molecule has 0 bridgehead atoms. The van der Waals surface area contributed by atoms with Gasteiger partial charge in [-0.1, -0.05) is 19.6 Å². The van der Waals surface area contributed by atoms with E-state index in [1.807, 2.05) is 13.8 Å². The topological polar surface area (TPSA) is 18.5 Å². The zero-order valence-electron chi connectivity index (χ0n) is 11.2. The van der Waals surface area contributed by atoms with Crippen LogP contribution in [0.2, 0.25) is 19.6 Å². The summed E-state index contributed by atoms with van der Waals surface area (Å²) in [5.41, 5.74) is 3.38. The van der Waals surface area contributed by atoms with Crippen molar-refractivity contribution in [3.8, 4) is 11.5 Å². The van der Waals surface area contributed by atoms with Crippen LogP contribution in [0.3, 0.4) is 0 Å². The lowest BCUT2D eigenvalue weighted by Crippen LogP contribution is -2.21. The van der Waals surface area contributed by atoms with Crippen molar-refractivity contribution < 1.29 is 9.47 Å². The second-order valence-electron chi connectivity index (χ2n) is 5.89. The highest BCUT2D eigenvalue weighted by atomic mass is 28.3. The molecule has 16 heavy (non-hydrogen) atoms. The number of unbranched alkanes of at least 4 members (excludes halogenated alkanes) is 1. The highest BCUT2D eigenvalue weighted by Gasteiger charge is 2.31. The predicted molar refractivity (Wildman–Crippen MR) is 69.9 cm³/mol. The van der Waals surface area contributed by atoms with Crippen LogP contribution < -0.4 is 0 Å². The van der Waals surface area contributed by atoms with E-state index in [4.69, 9.17) is 9.47 Å². The van der Waals surface area contributed by atoms with E-state index in [9.17, 15) is 0 Å². The highest BCUT2D eigenvalue weighted by Crippen LogP contribution is 2.24. The average molecular weight is 240 g/mol. The Morgan fingerprint density at radius 2 is 2.00 bits per heavy atom. The third-order valence-electron chi connectivity index (χ3n) is 2.36. The van der Waals surface area contributed by atoms with Gasteiger partial charge in [0.25, 0.3) is 0 Å². The molecule has 1 aliphatic rings. The van der Waals surface area contributed by atoms with Crippen molar-refractivity contribution in [1.82, 2.24) is 0 Å². The van der Waals surface area contributed by atoms with Crippen molar-refractivity contribution in [2.24, 2.45) is 0 Å². The van der Waals surface area contributed by atoms with E-state index < -0.39 is 8.07 Å². The Hall–Kier alpha value is -0.303. The SMILES string of the molecule is CC1(C)OC[C@H](CCCC#C[Si](C)(C)C)O1. The quantitative estimate of drug-likeness (QED) is 0.428. The molecule has 0 N–H and O–H groups in total. The van der Waals surface area contributed by atoms with Gasteiger partial charge in [-0.3, -0.25) is 0 Å². The molecule has 0 aromatic rings. The normalized spacial score (nSPS) is 23.9. The van der Waals surface area contributed by atoms with Gasteiger partial charge in [-0.15, -0.1) is 11.5 Å². The van der Waals surface area contributed by atoms with Crippen molar-refractivity contribution in [2.45, 2.75) is 64.6 Å². The molecule has 1 atom stereocenters. The molecule has 0 unspecified atom stereocenters. The summed E-state index contributed by atoms with van der Waals surface area (Å²) in [7, 11) is -1.18. The number of hydrogen-bond acceptors (Lipinski definition) is 2. The Bertz CT molecular complexity index is 281. The van der Waals surface area contributed by atoms with Gasteiger partial charge in [0, 0.05) is 6.42 Å². The van der Waals surface area contributed by atoms with Gasteiger partial charge in [0.2, 0.25) is 0 Å². The second-order valence-corrected chi connectivity index (χ2v) is 10.6. The maximum absolute atomic E-state index is 5.73. The summed E-state index contributed by atoms with van der Waals surface area (Å²) in [6.45, 7) is 11.5. The summed E-state index contributed by atoms with van der Waals surface area (Å²) < 4.78 is 11.2. The minimum atomic E-state index is -1.18. The Labute approximate surface area is 101 Å². The van der Waals surface area contributed by atoms with E-state index in [0.29, 0.717) is 0 Å². The zero-order valence-corrected chi connectivity index (χ0v) is 12.2. The third kappa shape index (κ3) is 5.69. The molecule has 1 saturated heterocycles. The van der Waals surface area contributed by atoms with E-state index in [0.717, 1.165) is 25.9 Å². The van der Waals surface area contributed by atoms with Gasteiger partial charge in [-0.25, -0.2) is 0 Å². The molecule has 0 aliphatic carbocycles. The molecule has 0 spiro atoms. The molecule has 1 rings (SSSR count). The summed E-state index contributed by atoms with van der Waals surface area (Å²) in [5, 5.41) is 0. The fourth-order valence-corrected chi connectivity index (χ4v) is 2.31. The molecule has 3 heteroatoms. The standard InChI is InChI=1S/C13H24O2Si/c1-13(2)14-11-12(15-13)9-7-6-8-10-16(3,4)5/h12H,6-7,9,11H2,1-5H3/t12-/m0/s1. The predicted octanol–water partition coefficient (Wildman–Crippen LogP) is 3.19. The van der Waals surface area contributed by atoms with Crippen molar-refractivity contribution >= 4 is 8.07 Å². The Balaban J connectivity index is 2.15. The second kappa shape index (κ2) is 5.35. The molecule has 1 fully saturated rings. The van der Waals surface area contributed by atoms with Crippen LogP contribution in [0.1, 0.15) is 33.1 Å². The van der Waals surface area contributed by atoms with Crippen molar-refractivity contribution in [3.05, 3.63) is 0 Å². The summed E-state index contributed by atoms with van der Waals surface area (Å²) in [6, 6.07) is 0. The molecule has 0 saturated carbocycles. The van der Waals surface area contributed by atoms with Gasteiger partial charge in [0.05, 0.1) is 12.7 Å². The first-order valence-corrected chi connectivity index (χ1v) is 9.60. The summed E-state index contributed by atoms with van der Waals surface area (Å²) >= 11 is 0. The van der Waals surface area contributed by atoms with Crippen LogP contribution in [0, 0.1) is 11.5 Å². The van der Waals surface area contributed by atoms with Crippen LogP contribution in [-0.2, 0) is 9.47 Å². The van der Waals surface area contributed by atoms with Crippen molar-refractivity contribution in [2.75, 3.05) is 6.61 Å². The molecular weight excluding hydrogens is 216 g/mol. The molecular formula is C13H24O2Si. The van der Waals surface area contributed by atoms with Crippen LogP contribution in [-0.4, -0.2) is 26.6 Å². The minimum Gasteiger partial charge on any atom is -0.348 e. The molecule has 1 aliphatic heterocycles. The minimum absolute atomic E-state index is 0.267. The maximum Gasteiger partial charge on any atom is 0.163 e. The molecule has 0 aromatic heterocycles. The van der Waals surface area contributed by atoms with Gasteiger partial charge in [0.15, 0.2) is 5.79 Å². The monoisotopic (exact) mass is 240 g/mol. The lowest BCUT2D eigenvalue weighted by Gasteiger charge is -2.16. The van der Waals surface area contributed by atoms with Crippen LogP contribution in [0.5, 0.6) is 0 Å². The van der Waals surface area contributed by atoms with Gasteiger partial charge in [-0.2, -0.15) is 0 Å². The highest BCUT2D eigenvalue weighted by molar-refractivity contribution is 6.83. The smallest absolute Gasteiger partial charge is 0.163 e. The van der Waals surface area contributed by atoms with Crippen LogP contribution in [0.15, 0.2) is 0 Å². The fourth-order valence-electron chi connectivity index (χ4n) is 1.65. The molecule has 1 heterocycles. The van der Waals surface area contributed by atoms with Gasteiger partial charge >= 0.3 is 0 Å². The first-order valence-electron chi connectivity index (χ1n) is 6.10. The number of rotatable bonds is 3. The number of hydrogen-bond donors (Lipinski definition) is 0. The lowest BCUT2D eigenvalue weighted by atomic mass is 10.2. The Kier molecular flexibility index (Phi) is 4.60. The van der Waals surface area contributed by atoms with E-state index in [1.54, 1.807) is 0 Å². The zero-order chi connectivity index (χ0) is 12.2. The van der Waals surface area contributed by atoms with Gasteiger partial charge in [0.1, 0.15) is 8.07 Å². The molecule has 92 valence electrons. The van der Waals surface area contributed by atoms with Crippen LogP contribution in [0.25, 0.3) is 0 Å². The van der Waals surface area contributed by atoms with Gasteiger partial charge in [-0.05, 0) is 26.7 Å². The molecule has 0 radical (unpaired) electrons. The van der Waals surface area contributed by atoms with Crippen molar-refractivity contribution in [3.63, 3.8) is 0 Å². The summed E-state index contributed by atoms with van der Waals surface area (Å²) in [4.78, 5) is 0. The average Bonchev–Trinajstić information content (AvgIpc) is 2.43. The molecule has 0 aromatic carbocycles. The number of ether oxygens (including phenoxy) is 2. The van der Waals surface area contributed by atoms with Crippen molar-refractivity contribution in [1.29, 1.82) is 0 Å². The van der Waals surface area contributed by atoms with Crippen LogP contribution in [0.4, 0.5) is 0 Å². The molecule has 2 nitrogen and oxygen atoms in total. The van der Waals surface area contributed by atoms with E-state index in [-0.39, 0.29) is 11.9 Å². The lowest BCUT2D eigenvalue weighted by molar-refractivity contribution is -0.139. The largest absolute Gasteiger partial charge is 0.348 e. The summed E-state index contributed by atoms with van der Waals surface area (Å²) in [6.07, 6.45) is 3.43. The van der Waals surface area contributed by atoms with Gasteiger partial charge < -0.3 is 9.47 Å². The Morgan fingerprint density at radius 1 is 1.31 bits per heavy atom.